The molecule has 4 rings (SSSR count). The normalized spacial score (nSPS) is 12.2. The van der Waals surface area contributed by atoms with Crippen molar-refractivity contribution in [3.05, 3.63) is 114 Å². The summed E-state index contributed by atoms with van der Waals surface area (Å²) < 4.78 is 21.7. The van der Waals surface area contributed by atoms with Crippen molar-refractivity contribution in [3.63, 3.8) is 0 Å². The lowest BCUT2D eigenvalue weighted by Gasteiger charge is -2.14. The van der Waals surface area contributed by atoms with E-state index in [0.717, 1.165) is 49.8 Å². The monoisotopic (exact) mass is 681 g/mol. The number of unbranched alkanes of at least 4 members (excludes halogenated alkanes) is 9. The Morgan fingerprint density at radius 2 is 1.10 bits per heavy atom. The fourth-order valence-corrected chi connectivity index (χ4v) is 5.46. The molecule has 0 fully saturated rings. The zero-order valence-electron chi connectivity index (χ0n) is 28.7. The van der Waals surface area contributed by atoms with Gasteiger partial charge in [-0.15, -0.1) is 0 Å². The van der Waals surface area contributed by atoms with Crippen LogP contribution < -0.4 is 14.4 Å². The average Bonchev–Trinajstić information content (AvgIpc) is 3.48. The summed E-state index contributed by atoms with van der Waals surface area (Å²) in [5.41, 5.74) is 2.52. The highest BCUT2D eigenvalue weighted by atomic mass is 16.5. The summed E-state index contributed by atoms with van der Waals surface area (Å²) >= 11 is 0. The molecule has 0 aliphatic carbocycles. The lowest BCUT2D eigenvalue weighted by molar-refractivity contribution is -0.120. The smallest absolute Gasteiger partial charge is 0.343 e. The molecule has 1 aliphatic heterocycles. The number of esters is 2. The van der Waals surface area contributed by atoms with Crippen LogP contribution in [-0.2, 0) is 25.5 Å². The number of rotatable bonds is 23. The number of hydrogen-bond acceptors (Lipinski definition) is 8. The van der Waals surface area contributed by atoms with E-state index in [9.17, 15) is 19.2 Å². The van der Waals surface area contributed by atoms with Crippen molar-refractivity contribution in [1.82, 2.24) is 0 Å². The summed E-state index contributed by atoms with van der Waals surface area (Å²) in [6.45, 7) is 5.10. The second kappa shape index (κ2) is 21.0. The number of amides is 2. The fraction of sp³-hybridized carbons (Fsp3) is 0.366. The van der Waals surface area contributed by atoms with E-state index in [-0.39, 0.29) is 0 Å². The Kier molecular flexibility index (Phi) is 15.8. The van der Waals surface area contributed by atoms with E-state index in [4.69, 9.17) is 18.9 Å². The molecule has 0 atom stereocenters. The minimum atomic E-state index is -0.407. The van der Waals surface area contributed by atoms with Gasteiger partial charge < -0.3 is 18.9 Å². The van der Waals surface area contributed by atoms with Crippen molar-refractivity contribution < 1.29 is 38.1 Å². The van der Waals surface area contributed by atoms with Gasteiger partial charge >= 0.3 is 11.9 Å². The molecular weight excluding hydrogens is 634 g/mol. The topological polar surface area (TPSA) is 108 Å². The quantitative estimate of drug-likeness (QED) is 0.0322. The molecule has 3 aromatic carbocycles. The second-order valence-corrected chi connectivity index (χ2v) is 12.1. The van der Waals surface area contributed by atoms with Crippen LogP contribution >= 0.6 is 0 Å². The molecule has 0 saturated carbocycles. The third-order valence-corrected chi connectivity index (χ3v) is 8.28. The predicted molar refractivity (Wildman–Crippen MR) is 192 cm³/mol. The number of hydrogen-bond donors (Lipinski definition) is 0. The van der Waals surface area contributed by atoms with Gasteiger partial charge in [0.2, 0.25) is 0 Å². The first-order chi connectivity index (χ1) is 24.4. The van der Waals surface area contributed by atoms with Crippen LogP contribution in [0.2, 0.25) is 0 Å². The molecule has 0 N–H and O–H groups in total. The lowest BCUT2D eigenvalue weighted by Crippen LogP contribution is -2.29. The minimum Gasteiger partial charge on any atom is -0.502 e. The zero-order valence-corrected chi connectivity index (χ0v) is 28.7. The van der Waals surface area contributed by atoms with Gasteiger partial charge in [-0.25, -0.2) is 14.5 Å². The number of imide groups is 1. The van der Waals surface area contributed by atoms with Crippen LogP contribution in [0, 0.1) is 0 Å². The summed E-state index contributed by atoms with van der Waals surface area (Å²) in [5.74, 6) is -0.354. The van der Waals surface area contributed by atoms with E-state index in [1.807, 2.05) is 24.3 Å². The summed E-state index contributed by atoms with van der Waals surface area (Å²) in [7, 11) is 0. The summed E-state index contributed by atoms with van der Waals surface area (Å²) in [6.07, 6.45) is 16.7. The molecule has 9 nitrogen and oxygen atoms in total. The molecular formula is C41H47NO8. The molecule has 3 aromatic rings. The van der Waals surface area contributed by atoms with Crippen LogP contribution in [0.1, 0.15) is 96.9 Å². The minimum absolute atomic E-state index is 0.370. The second-order valence-electron chi connectivity index (χ2n) is 12.1. The zero-order chi connectivity index (χ0) is 35.4. The summed E-state index contributed by atoms with van der Waals surface area (Å²) in [5, 5.41) is 0. The molecule has 2 amide bonds. The van der Waals surface area contributed by atoms with Gasteiger partial charge in [-0.05, 0) is 98.3 Å². The third kappa shape index (κ3) is 12.7. The van der Waals surface area contributed by atoms with Gasteiger partial charge in [-0.3, -0.25) is 9.59 Å². The van der Waals surface area contributed by atoms with Gasteiger partial charge in [0.05, 0.1) is 42.9 Å². The van der Waals surface area contributed by atoms with Gasteiger partial charge in [0.25, 0.3) is 11.8 Å². The number of anilines is 1. The first kappa shape index (κ1) is 37.6. The van der Waals surface area contributed by atoms with Crippen molar-refractivity contribution in [2.75, 3.05) is 24.7 Å². The van der Waals surface area contributed by atoms with Crippen LogP contribution in [0.5, 0.6) is 11.5 Å². The van der Waals surface area contributed by atoms with E-state index in [1.165, 1.54) is 56.1 Å². The molecule has 0 aromatic heterocycles. The van der Waals surface area contributed by atoms with Gasteiger partial charge in [-0.2, -0.15) is 0 Å². The third-order valence-electron chi connectivity index (χ3n) is 8.28. The maximum Gasteiger partial charge on any atom is 0.343 e. The highest BCUT2D eigenvalue weighted by molar-refractivity contribution is 6.28. The van der Waals surface area contributed by atoms with Crippen molar-refractivity contribution >= 4 is 29.4 Å². The van der Waals surface area contributed by atoms with Crippen molar-refractivity contribution in [2.45, 2.75) is 77.0 Å². The Balaban J connectivity index is 0.976. The number of benzene rings is 3. The standard InChI is InChI=1S/C41H47NO8/c1-2-47-29-12-13-30-48-36-25-19-34(20-26-36)41(46)50-37-23-15-32(16-24-37)14-10-8-6-4-3-5-7-9-11-31-49-40(45)33-17-21-35(22-18-33)42-38(43)27-28-39(42)44/h2,15-28H,1,3-14,29-31H2. The van der Waals surface area contributed by atoms with Crippen LogP contribution in [0.3, 0.4) is 0 Å². The molecule has 50 heavy (non-hydrogen) atoms. The summed E-state index contributed by atoms with van der Waals surface area (Å²) in [6, 6.07) is 21.0. The Morgan fingerprint density at radius 1 is 0.580 bits per heavy atom. The molecule has 0 radical (unpaired) electrons. The summed E-state index contributed by atoms with van der Waals surface area (Å²) in [4.78, 5) is 49.5. The number of nitrogens with zero attached hydrogens (tertiary/aromatic N) is 1. The van der Waals surface area contributed by atoms with Crippen LogP contribution in [0.15, 0.2) is 97.8 Å². The average molecular weight is 682 g/mol. The molecule has 0 unspecified atom stereocenters. The largest absolute Gasteiger partial charge is 0.502 e. The van der Waals surface area contributed by atoms with E-state index >= 15 is 0 Å². The SMILES string of the molecule is C=COCCCCOc1ccc(C(=O)Oc2ccc(CCCCCCCCCCCOC(=O)c3ccc(N4C(=O)C=CC4=O)cc3)cc2)cc1. The van der Waals surface area contributed by atoms with Gasteiger partial charge in [-0.1, -0.05) is 63.7 Å². The molecule has 1 aliphatic rings. The van der Waals surface area contributed by atoms with E-state index < -0.39 is 23.8 Å². The first-order valence-corrected chi connectivity index (χ1v) is 17.5. The Bertz CT molecular complexity index is 1540. The molecule has 0 spiro atoms. The Morgan fingerprint density at radius 3 is 1.74 bits per heavy atom. The predicted octanol–water partition coefficient (Wildman–Crippen LogP) is 8.56. The van der Waals surface area contributed by atoms with Crippen LogP contribution in [0.4, 0.5) is 5.69 Å². The van der Waals surface area contributed by atoms with Crippen molar-refractivity contribution in [2.24, 2.45) is 0 Å². The maximum atomic E-state index is 12.6. The highest BCUT2D eigenvalue weighted by Gasteiger charge is 2.25. The van der Waals surface area contributed by atoms with Gasteiger partial charge in [0.15, 0.2) is 0 Å². The van der Waals surface area contributed by atoms with E-state index in [2.05, 4.69) is 6.58 Å². The molecule has 0 bridgehead atoms. The number of ether oxygens (including phenoxy) is 4. The Labute approximate surface area is 294 Å². The molecule has 1 heterocycles. The fourth-order valence-electron chi connectivity index (χ4n) is 5.46. The highest BCUT2D eigenvalue weighted by Crippen LogP contribution is 2.21. The Hall–Kier alpha value is -5.18. The maximum absolute atomic E-state index is 12.6. The van der Waals surface area contributed by atoms with E-state index in [0.29, 0.717) is 48.1 Å². The number of carbonyl (C=O) groups is 4. The van der Waals surface area contributed by atoms with Crippen molar-refractivity contribution in [1.29, 1.82) is 0 Å². The van der Waals surface area contributed by atoms with Crippen LogP contribution in [0.25, 0.3) is 0 Å². The molecule has 9 heteroatoms. The number of carbonyl (C=O) groups excluding carboxylic acids is 4. The first-order valence-electron chi connectivity index (χ1n) is 17.5. The van der Waals surface area contributed by atoms with Crippen LogP contribution in [-0.4, -0.2) is 43.6 Å². The van der Waals surface area contributed by atoms with Gasteiger partial charge in [0, 0.05) is 12.2 Å². The van der Waals surface area contributed by atoms with E-state index in [1.54, 1.807) is 48.5 Å². The molecule has 0 saturated heterocycles. The number of aryl methyl sites for hydroxylation is 1. The molecule has 264 valence electrons. The lowest BCUT2D eigenvalue weighted by atomic mass is 10.0. The van der Waals surface area contributed by atoms with Crippen molar-refractivity contribution in [3.8, 4) is 11.5 Å². The van der Waals surface area contributed by atoms with Gasteiger partial charge in [0.1, 0.15) is 11.5 Å².